The number of hydrogen-bond donors (Lipinski definition) is 2. The van der Waals surface area contributed by atoms with Crippen molar-refractivity contribution in [3.63, 3.8) is 0 Å². The van der Waals surface area contributed by atoms with E-state index in [0.29, 0.717) is 0 Å². The highest BCUT2D eigenvalue weighted by Crippen LogP contribution is 2.24. The molecule has 0 radical (unpaired) electrons. The molecule has 1 aromatic carbocycles. The van der Waals surface area contributed by atoms with Gasteiger partial charge in [0.25, 0.3) is 0 Å². The Labute approximate surface area is 100 Å². The van der Waals surface area contributed by atoms with Crippen LogP contribution in [0.15, 0.2) is 18.2 Å². The summed E-state index contributed by atoms with van der Waals surface area (Å²) in [5.74, 6) is -1.14. The van der Waals surface area contributed by atoms with Crippen LogP contribution in [0.25, 0.3) is 0 Å². The molecule has 0 saturated carbocycles. The normalized spacial score (nSPS) is 11.3. The van der Waals surface area contributed by atoms with Gasteiger partial charge in [-0.25, -0.2) is 4.79 Å². The second-order valence-corrected chi connectivity index (χ2v) is 3.70. The van der Waals surface area contributed by atoms with Crippen molar-refractivity contribution in [2.45, 2.75) is 12.6 Å². The zero-order valence-corrected chi connectivity index (χ0v) is 9.27. The Morgan fingerprint density at radius 1 is 1.41 bits per heavy atom. The van der Waals surface area contributed by atoms with Gasteiger partial charge in [-0.1, -0.05) is 11.6 Å². The van der Waals surface area contributed by atoms with E-state index in [-0.39, 0.29) is 22.8 Å². The first kappa shape index (κ1) is 13.6. The second kappa shape index (κ2) is 5.27. The monoisotopic (exact) mass is 267 g/mol. The predicted molar refractivity (Wildman–Crippen MR) is 57.6 cm³/mol. The smallest absolute Gasteiger partial charge is 0.390 e. The van der Waals surface area contributed by atoms with E-state index in [9.17, 15) is 18.0 Å². The lowest BCUT2D eigenvalue weighted by atomic mass is 10.2. The van der Waals surface area contributed by atoms with Crippen LogP contribution in [-0.2, 0) is 0 Å². The Bertz CT molecular complexity index is 421. The van der Waals surface area contributed by atoms with Crippen molar-refractivity contribution in [2.75, 3.05) is 11.9 Å². The summed E-state index contributed by atoms with van der Waals surface area (Å²) in [4.78, 5) is 10.6. The van der Waals surface area contributed by atoms with Gasteiger partial charge in [0.05, 0.1) is 22.7 Å². The summed E-state index contributed by atoms with van der Waals surface area (Å²) in [5, 5.41) is 11.2. The van der Waals surface area contributed by atoms with Crippen LogP contribution in [0.1, 0.15) is 16.8 Å². The van der Waals surface area contributed by atoms with Crippen molar-refractivity contribution in [1.82, 2.24) is 0 Å². The van der Waals surface area contributed by atoms with Gasteiger partial charge in [0.2, 0.25) is 0 Å². The van der Waals surface area contributed by atoms with E-state index in [1.54, 1.807) is 0 Å². The summed E-state index contributed by atoms with van der Waals surface area (Å²) in [6.45, 7) is -0.310. The number of hydrogen-bond acceptors (Lipinski definition) is 2. The molecule has 94 valence electrons. The lowest BCUT2D eigenvalue weighted by molar-refractivity contribution is -0.131. The summed E-state index contributed by atoms with van der Waals surface area (Å²) in [6, 6.07) is 3.78. The first-order chi connectivity index (χ1) is 7.79. The van der Waals surface area contributed by atoms with Gasteiger partial charge in [0.1, 0.15) is 0 Å². The SMILES string of the molecule is O=C(O)c1ccc(NCCC(F)(F)F)c(Cl)c1. The molecule has 0 aliphatic rings. The van der Waals surface area contributed by atoms with E-state index >= 15 is 0 Å². The predicted octanol–water partition coefficient (Wildman–Crippen LogP) is 3.40. The lowest BCUT2D eigenvalue weighted by Crippen LogP contribution is -2.14. The van der Waals surface area contributed by atoms with Gasteiger partial charge in [-0.05, 0) is 18.2 Å². The van der Waals surface area contributed by atoms with E-state index in [1.807, 2.05) is 0 Å². The first-order valence-electron chi connectivity index (χ1n) is 4.63. The Hall–Kier alpha value is -1.43. The largest absolute Gasteiger partial charge is 0.478 e. The topological polar surface area (TPSA) is 49.3 Å². The number of rotatable bonds is 4. The lowest BCUT2D eigenvalue weighted by Gasteiger charge is -2.10. The van der Waals surface area contributed by atoms with Crippen LogP contribution >= 0.6 is 11.6 Å². The van der Waals surface area contributed by atoms with Crippen molar-refractivity contribution in [1.29, 1.82) is 0 Å². The Kier molecular flexibility index (Phi) is 4.22. The Balaban J connectivity index is 2.64. The fourth-order valence-corrected chi connectivity index (χ4v) is 1.38. The van der Waals surface area contributed by atoms with Crippen molar-refractivity contribution in [3.8, 4) is 0 Å². The summed E-state index contributed by atoms with van der Waals surface area (Å²) >= 11 is 5.72. The number of benzene rings is 1. The molecule has 2 N–H and O–H groups in total. The summed E-state index contributed by atoms with van der Waals surface area (Å²) in [5.41, 5.74) is 0.261. The maximum Gasteiger partial charge on any atom is 0.390 e. The molecule has 17 heavy (non-hydrogen) atoms. The van der Waals surface area contributed by atoms with E-state index < -0.39 is 18.6 Å². The number of halogens is 4. The van der Waals surface area contributed by atoms with Gasteiger partial charge < -0.3 is 10.4 Å². The fraction of sp³-hybridized carbons (Fsp3) is 0.300. The molecule has 0 fully saturated rings. The molecule has 0 aliphatic heterocycles. The highest BCUT2D eigenvalue weighted by Gasteiger charge is 2.26. The van der Waals surface area contributed by atoms with Gasteiger partial charge in [-0.2, -0.15) is 13.2 Å². The molecule has 7 heteroatoms. The summed E-state index contributed by atoms with van der Waals surface area (Å²) in [6.07, 6.45) is -5.22. The number of carboxylic acids is 1. The van der Waals surface area contributed by atoms with Gasteiger partial charge >= 0.3 is 12.1 Å². The first-order valence-corrected chi connectivity index (χ1v) is 5.01. The van der Waals surface area contributed by atoms with E-state index in [4.69, 9.17) is 16.7 Å². The minimum absolute atomic E-state index is 0.0172. The van der Waals surface area contributed by atoms with Crippen molar-refractivity contribution < 1.29 is 23.1 Å². The molecule has 0 atom stereocenters. The van der Waals surface area contributed by atoms with Crippen LogP contribution in [0.3, 0.4) is 0 Å². The Morgan fingerprint density at radius 2 is 2.06 bits per heavy atom. The number of alkyl halides is 3. The summed E-state index contributed by atoms with van der Waals surface area (Å²) < 4.78 is 35.6. The molecular formula is C10H9ClF3NO2. The highest BCUT2D eigenvalue weighted by atomic mass is 35.5. The third-order valence-corrected chi connectivity index (χ3v) is 2.25. The van der Waals surface area contributed by atoms with Crippen LogP contribution in [0.2, 0.25) is 5.02 Å². The van der Waals surface area contributed by atoms with Crippen LogP contribution < -0.4 is 5.32 Å². The fourth-order valence-electron chi connectivity index (χ4n) is 1.13. The highest BCUT2D eigenvalue weighted by molar-refractivity contribution is 6.33. The van der Waals surface area contributed by atoms with Crippen molar-refractivity contribution in [2.24, 2.45) is 0 Å². The molecule has 0 bridgehead atoms. The average molecular weight is 268 g/mol. The maximum atomic E-state index is 11.9. The molecule has 0 saturated heterocycles. The van der Waals surface area contributed by atoms with Crippen LogP contribution in [0.5, 0.6) is 0 Å². The molecule has 0 unspecified atom stereocenters. The molecule has 0 amide bonds. The molecule has 0 heterocycles. The minimum Gasteiger partial charge on any atom is -0.478 e. The molecule has 1 aromatic rings. The zero-order chi connectivity index (χ0) is 13.1. The van der Waals surface area contributed by atoms with Crippen molar-refractivity contribution >= 4 is 23.3 Å². The molecule has 0 aromatic heterocycles. The molecule has 1 rings (SSSR count). The van der Waals surface area contributed by atoms with E-state index in [0.717, 1.165) is 0 Å². The maximum absolute atomic E-state index is 11.9. The number of nitrogens with one attached hydrogen (secondary N) is 1. The second-order valence-electron chi connectivity index (χ2n) is 3.29. The number of carboxylic acid groups (broad SMARTS) is 1. The number of aromatic carboxylic acids is 1. The molecule has 0 aliphatic carbocycles. The molecular weight excluding hydrogens is 259 g/mol. The van der Waals surface area contributed by atoms with E-state index in [1.165, 1.54) is 18.2 Å². The van der Waals surface area contributed by atoms with Gasteiger partial charge in [-0.3, -0.25) is 0 Å². The standard InChI is InChI=1S/C10H9ClF3NO2/c11-7-5-6(9(16)17)1-2-8(7)15-4-3-10(12,13)14/h1-2,5,15H,3-4H2,(H,16,17). The Morgan fingerprint density at radius 3 is 2.53 bits per heavy atom. The average Bonchev–Trinajstić information content (AvgIpc) is 2.18. The van der Waals surface area contributed by atoms with Crippen LogP contribution in [-0.4, -0.2) is 23.8 Å². The summed E-state index contributed by atoms with van der Waals surface area (Å²) in [7, 11) is 0. The molecule has 0 spiro atoms. The zero-order valence-electron chi connectivity index (χ0n) is 8.51. The number of carbonyl (C=O) groups is 1. The third kappa shape index (κ3) is 4.52. The third-order valence-electron chi connectivity index (χ3n) is 1.94. The van der Waals surface area contributed by atoms with Crippen LogP contribution in [0, 0.1) is 0 Å². The van der Waals surface area contributed by atoms with Gasteiger partial charge in [0, 0.05) is 6.54 Å². The van der Waals surface area contributed by atoms with E-state index in [2.05, 4.69) is 5.32 Å². The number of anilines is 1. The van der Waals surface area contributed by atoms with Crippen molar-refractivity contribution in [3.05, 3.63) is 28.8 Å². The minimum atomic E-state index is -4.24. The molecule has 3 nitrogen and oxygen atoms in total. The van der Waals surface area contributed by atoms with Crippen LogP contribution in [0.4, 0.5) is 18.9 Å². The van der Waals surface area contributed by atoms with Gasteiger partial charge in [-0.15, -0.1) is 0 Å². The quantitative estimate of drug-likeness (QED) is 0.879. The van der Waals surface area contributed by atoms with Gasteiger partial charge in [0.15, 0.2) is 0 Å².